The van der Waals surface area contributed by atoms with Crippen LogP contribution >= 0.6 is 0 Å². The number of amides is 1. The summed E-state index contributed by atoms with van der Waals surface area (Å²) < 4.78 is 4.82. The molecule has 0 radical (unpaired) electrons. The molecule has 0 saturated heterocycles. The molecule has 4 nitrogen and oxygen atoms in total. The van der Waals surface area contributed by atoms with Crippen molar-refractivity contribution in [1.82, 2.24) is 0 Å². The molecule has 17 heavy (non-hydrogen) atoms. The minimum Gasteiger partial charge on any atom is -0.455 e. The Labute approximate surface area is 101 Å². The van der Waals surface area contributed by atoms with Crippen molar-refractivity contribution >= 4 is 17.6 Å². The van der Waals surface area contributed by atoms with Gasteiger partial charge in [0.1, 0.15) is 0 Å². The average molecular weight is 235 g/mol. The van der Waals surface area contributed by atoms with Crippen LogP contribution in [0.4, 0.5) is 5.69 Å². The number of esters is 1. The summed E-state index contributed by atoms with van der Waals surface area (Å²) in [5, 5.41) is 2.66. The number of rotatable bonds is 4. The zero-order valence-corrected chi connectivity index (χ0v) is 10.3. The predicted octanol–water partition coefficient (Wildman–Crippen LogP) is 2.13. The van der Waals surface area contributed by atoms with E-state index in [-0.39, 0.29) is 24.4 Å². The highest BCUT2D eigenvalue weighted by Crippen LogP contribution is 2.09. The van der Waals surface area contributed by atoms with Crippen LogP contribution in [-0.2, 0) is 14.3 Å². The Morgan fingerprint density at radius 2 is 2.06 bits per heavy atom. The number of carbonyl (C=O) groups is 2. The fourth-order valence-electron chi connectivity index (χ4n) is 1.22. The number of ether oxygens (including phenoxy) is 1. The van der Waals surface area contributed by atoms with Gasteiger partial charge in [0.15, 0.2) is 6.61 Å². The molecule has 0 aliphatic carbocycles. The second-order valence-corrected chi connectivity index (χ2v) is 4.18. The molecular weight excluding hydrogens is 218 g/mol. The number of anilines is 1. The van der Waals surface area contributed by atoms with Crippen molar-refractivity contribution in [1.29, 1.82) is 0 Å². The van der Waals surface area contributed by atoms with Crippen LogP contribution in [0.3, 0.4) is 0 Å². The van der Waals surface area contributed by atoms with Gasteiger partial charge in [-0.25, -0.2) is 0 Å². The fourth-order valence-corrected chi connectivity index (χ4v) is 1.22. The summed E-state index contributed by atoms with van der Waals surface area (Å²) in [5.41, 5.74) is 1.76. The fraction of sp³-hybridized carbons (Fsp3) is 0.385. The lowest BCUT2D eigenvalue weighted by Crippen LogP contribution is -2.22. The molecule has 0 atom stereocenters. The van der Waals surface area contributed by atoms with E-state index in [1.165, 1.54) is 0 Å². The highest BCUT2D eigenvalue weighted by atomic mass is 16.5. The zero-order chi connectivity index (χ0) is 12.8. The van der Waals surface area contributed by atoms with Gasteiger partial charge in [-0.1, -0.05) is 26.0 Å². The molecule has 0 saturated carbocycles. The molecule has 0 aliphatic rings. The Balaban J connectivity index is 2.43. The summed E-state index contributed by atoms with van der Waals surface area (Å²) in [7, 11) is 0. The maximum absolute atomic E-state index is 11.5. The Kier molecular flexibility index (Phi) is 4.69. The van der Waals surface area contributed by atoms with Gasteiger partial charge in [0.05, 0.1) is 5.92 Å². The zero-order valence-electron chi connectivity index (χ0n) is 10.3. The van der Waals surface area contributed by atoms with Gasteiger partial charge in [-0.05, 0) is 24.6 Å². The van der Waals surface area contributed by atoms with Crippen molar-refractivity contribution in [3.63, 3.8) is 0 Å². The minimum atomic E-state index is -0.371. The van der Waals surface area contributed by atoms with Crippen LogP contribution in [0.25, 0.3) is 0 Å². The number of hydrogen-bond acceptors (Lipinski definition) is 3. The minimum absolute atomic E-state index is 0.221. The predicted molar refractivity (Wildman–Crippen MR) is 65.6 cm³/mol. The monoisotopic (exact) mass is 235 g/mol. The first-order valence-electron chi connectivity index (χ1n) is 5.52. The summed E-state index contributed by atoms with van der Waals surface area (Å²) in [5.74, 6) is -0.921. The molecule has 0 spiro atoms. The van der Waals surface area contributed by atoms with E-state index < -0.39 is 0 Å². The van der Waals surface area contributed by atoms with Crippen LogP contribution < -0.4 is 5.32 Å². The third kappa shape index (κ3) is 4.68. The highest BCUT2D eigenvalue weighted by Gasteiger charge is 2.11. The van der Waals surface area contributed by atoms with Crippen LogP contribution in [0.5, 0.6) is 0 Å². The SMILES string of the molecule is Cc1cccc(NC(=O)COC(=O)C(C)C)c1. The topological polar surface area (TPSA) is 55.4 Å². The van der Waals surface area contributed by atoms with Gasteiger partial charge in [-0.2, -0.15) is 0 Å². The van der Waals surface area contributed by atoms with Crippen molar-refractivity contribution in [2.24, 2.45) is 5.92 Å². The quantitative estimate of drug-likeness (QED) is 0.813. The maximum Gasteiger partial charge on any atom is 0.308 e. The van der Waals surface area contributed by atoms with E-state index in [2.05, 4.69) is 5.32 Å². The Hall–Kier alpha value is -1.84. The summed E-state index contributed by atoms with van der Waals surface area (Å²) in [6.07, 6.45) is 0. The van der Waals surface area contributed by atoms with Crippen molar-refractivity contribution < 1.29 is 14.3 Å². The molecule has 92 valence electrons. The molecule has 0 fully saturated rings. The summed E-state index contributed by atoms with van der Waals surface area (Å²) in [4.78, 5) is 22.6. The second-order valence-electron chi connectivity index (χ2n) is 4.18. The van der Waals surface area contributed by atoms with Gasteiger partial charge in [-0.3, -0.25) is 9.59 Å². The van der Waals surface area contributed by atoms with E-state index in [0.29, 0.717) is 5.69 Å². The number of benzene rings is 1. The van der Waals surface area contributed by atoms with E-state index >= 15 is 0 Å². The number of hydrogen-bond donors (Lipinski definition) is 1. The molecule has 0 aliphatic heterocycles. The van der Waals surface area contributed by atoms with Crippen molar-refractivity contribution in [2.45, 2.75) is 20.8 Å². The molecule has 0 unspecified atom stereocenters. The molecule has 1 amide bonds. The maximum atomic E-state index is 11.5. The average Bonchev–Trinajstić information content (AvgIpc) is 2.25. The third-order valence-corrected chi connectivity index (χ3v) is 2.12. The Bertz CT molecular complexity index is 413. The molecular formula is C13H17NO3. The second kappa shape index (κ2) is 6.03. The number of nitrogens with one attached hydrogen (secondary N) is 1. The number of aryl methyl sites for hydroxylation is 1. The van der Waals surface area contributed by atoms with E-state index in [9.17, 15) is 9.59 Å². The lowest BCUT2D eigenvalue weighted by molar-refractivity contribution is -0.150. The molecule has 0 aromatic heterocycles. The Morgan fingerprint density at radius 3 is 2.65 bits per heavy atom. The summed E-state index contributed by atoms with van der Waals surface area (Å²) in [6, 6.07) is 7.43. The summed E-state index contributed by atoms with van der Waals surface area (Å²) >= 11 is 0. The lowest BCUT2D eigenvalue weighted by Gasteiger charge is -2.08. The molecule has 1 rings (SSSR count). The molecule has 0 bridgehead atoms. The molecule has 0 heterocycles. The first-order chi connectivity index (χ1) is 7.99. The normalized spacial score (nSPS) is 10.1. The van der Waals surface area contributed by atoms with Gasteiger partial charge < -0.3 is 10.1 Å². The Morgan fingerprint density at radius 1 is 1.35 bits per heavy atom. The largest absolute Gasteiger partial charge is 0.455 e. The van der Waals surface area contributed by atoms with E-state index in [1.807, 2.05) is 25.1 Å². The molecule has 4 heteroatoms. The molecule has 1 aromatic carbocycles. The van der Waals surface area contributed by atoms with E-state index in [1.54, 1.807) is 19.9 Å². The molecule has 1 N–H and O–H groups in total. The van der Waals surface area contributed by atoms with E-state index in [4.69, 9.17) is 4.74 Å². The van der Waals surface area contributed by atoms with Crippen LogP contribution in [0.15, 0.2) is 24.3 Å². The van der Waals surface area contributed by atoms with Gasteiger partial charge in [0.2, 0.25) is 0 Å². The first-order valence-corrected chi connectivity index (χ1v) is 5.52. The molecule has 1 aromatic rings. The van der Waals surface area contributed by atoms with Crippen LogP contribution in [-0.4, -0.2) is 18.5 Å². The van der Waals surface area contributed by atoms with E-state index in [0.717, 1.165) is 5.56 Å². The van der Waals surface area contributed by atoms with Crippen LogP contribution in [0.2, 0.25) is 0 Å². The van der Waals surface area contributed by atoms with Crippen LogP contribution in [0.1, 0.15) is 19.4 Å². The summed E-state index contributed by atoms with van der Waals surface area (Å²) in [6.45, 7) is 5.14. The lowest BCUT2D eigenvalue weighted by atomic mass is 10.2. The van der Waals surface area contributed by atoms with Gasteiger partial charge in [0.25, 0.3) is 5.91 Å². The third-order valence-electron chi connectivity index (χ3n) is 2.12. The van der Waals surface area contributed by atoms with Crippen molar-refractivity contribution in [3.8, 4) is 0 Å². The number of carbonyl (C=O) groups excluding carboxylic acids is 2. The smallest absolute Gasteiger partial charge is 0.308 e. The standard InChI is InChI=1S/C13H17NO3/c1-9(2)13(16)17-8-12(15)14-11-6-4-5-10(3)7-11/h4-7,9H,8H2,1-3H3,(H,14,15). The van der Waals surface area contributed by atoms with Crippen molar-refractivity contribution in [2.75, 3.05) is 11.9 Å². The van der Waals surface area contributed by atoms with Gasteiger partial charge >= 0.3 is 5.97 Å². The van der Waals surface area contributed by atoms with Gasteiger partial charge in [0, 0.05) is 5.69 Å². The van der Waals surface area contributed by atoms with Crippen LogP contribution in [0, 0.1) is 12.8 Å². The highest BCUT2D eigenvalue weighted by molar-refractivity contribution is 5.92. The van der Waals surface area contributed by atoms with Gasteiger partial charge in [-0.15, -0.1) is 0 Å². The first kappa shape index (κ1) is 13.2. The van der Waals surface area contributed by atoms with Crippen molar-refractivity contribution in [3.05, 3.63) is 29.8 Å².